The minimum atomic E-state index is -3.56. The third-order valence-electron chi connectivity index (χ3n) is 1.69. The van der Waals surface area contributed by atoms with Crippen LogP contribution in [0.4, 0.5) is 5.69 Å². The first-order valence-electron chi connectivity index (χ1n) is 3.86. The first-order valence-corrected chi connectivity index (χ1v) is 5.57. The second-order valence-corrected chi connectivity index (χ2v) is 4.46. The van der Waals surface area contributed by atoms with Crippen LogP contribution in [-0.4, -0.2) is 15.5 Å². The highest BCUT2D eigenvalue weighted by Gasteiger charge is 2.11. The molecule has 0 saturated heterocycles. The van der Waals surface area contributed by atoms with Gasteiger partial charge >= 0.3 is 0 Å². The summed E-state index contributed by atoms with van der Waals surface area (Å²) in [5.74, 6) is 0.0859. The van der Waals surface area contributed by atoms with Crippen LogP contribution in [0.25, 0.3) is 0 Å². The summed E-state index contributed by atoms with van der Waals surface area (Å²) < 4.78 is 26.7. The smallest absolute Gasteiger partial charge is 0.213 e. The number of primary sulfonamides is 1. The number of anilines is 1. The molecule has 0 radical (unpaired) electrons. The number of benzene rings is 1. The maximum absolute atomic E-state index is 10.9. The minimum Gasteiger partial charge on any atom is -0.494 e. The van der Waals surface area contributed by atoms with Crippen molar-refractivity contribution in [2.24, 2.45) is 5.14 Å². The lowest BCUT2D eigenvalue weighted by atomic mass is 10.2. The Balaban J connectivity index is 3.15. The summed E-state index contributed by atoms with van der Waals surface area (Å²) in [5.41, 5.74) is 6.45. The summed E-state index contributed by atoms with van der Waals surface area (Å²) in [4.78, 5) is 0. The van der Waals surface area contributed by atoms with Crippen LogP contribution in [0, 0.1) is 0 Å². The average Bonchev–Trinajstić information content (AvgIpc) is 2.01. The van der Waals surface area contributed by atoms with Gasteiger partial charge in [-0.1, -0.05) is 12.1 Å². The number of methoxy groups -OCH3 is 1. The van der Waals surface area contributed by atoms with Gasteiger partial charge in [0.2, 0.25) is 10.0 Å². The zero-order valence-corrected chi connectivity index (χ0v) is 8.54. The molecule has 0 aliphatic carbocycles. The Bertz CT molecular complexity index is 428. The first-order chi connectivity index (χ1) is 6.44. The lowest BCUT2D eigenvalue weighted by Crippen LogP contribution is -2.15. The van der Waals surface area contributed by atoms with Crippen LogP contribution in [0.1, 0.15) is 5.56 Å². The topological polar surface area (TPSA) is 95.4 Å². The highest BCUT2D eigenvalue weighted by Crippen LogP contribution is 2.26. The number of hydrogen-bond donors (Lipinski definition) is 2. The highest BCUT2D eigenvalue weighted by atomic mass is 32.2. The van der Waals surface area contributed by atoms with Gasteiger partial charge in [-0.05, 0) is 6.07 Å². The van der Waals surface area contributed by atoms with E-state index in [1.54, 1.807) is 18.2 Å². The molecule has 1 aromatic carbocycles. The van der Waals surface area contributed by atoms with Crippen LogP contribution in [-0.2, 0) is 15.8 Å². The van der Waals surface area contributed by atoms with Gasteiger partial charge < -0.3 is 10.5 Å². The predicted octanol–water partition coefficient (Wildman–Crippen LogP) is 0.0659. The first kappa shape index (κ1) is 10.8. The molecule has 0 saturated carbocycles. The molecule has 0 amide bonds. The molecule has 4 N–H and O–H groups in total. The molecular weight excluding hydrogens is 204 g/mol. The highest BCUT2D eigenvalue weighted by molar-refractivity contribution is 7.88. The number of para-hydroxylation sites is 1. The number of rotatable bonds is 3. The summed E-state index contributed by atoms with van der Waals surface area (Å²) in [7, 11) is -2.13. The zero-order valence-electron chi connectivity index (χ0n) is 7.73. The maximum atomic E-state index is 10.9. The van der Waals surface area contributed by atoms with Gasteiger partial charge in [-0.2, -0.15) is 0 Å². The molecule has 0 atom stereocenters. The van der Waals surface area contributed by atoms with Crippen molar-refractivity contribution in [3.8, 4) is 5.75 Å². The van der Waals surface area contributed by atoms with Crippen molar-refractivity contribution >= 4 is 15.7 Å². The van der Waals surface area contributed by atoms with Crippen molar-refractivity contribution < 1.29 is 13.2 Å². The molecular formula is C8H12N2O3S. The fourth-order valence-corrected chi connectivity index (χ4v) is 1.84. The Hall–Kier alpha value is -1.27. The van der Waals surface area contributed by atoms with Crippen molar-refractivity contribution in [1.29, 1.82) is 0 Å². The molecule has 0 unspecified atom stereocenters. The SMILES string of the molecule is COc1c(N)cccc1CS(N)(=O)=O. The quantitative estimate of drug-likeness (QED) is 0.699. The van der Waals surface area contributed by atoms with Crippen molar-refractivity contribution in [1.82, 2.24) is 0 Å². The predicted molar refractivity (Wildman–Crippen MR) is 54.2 cm³/mol. The van der Waals surface area contributed by atoms with Crippen LogP contribution >= 0.6 is 0 Å². The van der Waals surface area contributed by atoms with Crippen molar-refractivity contribution in [3.05, 3.63) is 23.8 Å². The Morgan fingerprint density at radius 2 is 2.07 bits per heavy atom. The molecule has 0 spiro atoms. The van der Waals surface area contributed by atoms with E-state index in [0.717, 1.165) is 0 Å². The summed E-state index contributed by atoms with van der Waals surface area (Å²) >= 11 is 0. The number of nitrogens with two attached hydrogens (primary N) is 2. The fraction of sp³-hybridized carbons (Fsp3) is 0.250. The average molecular weight is 216 g/mol. The van der Waals surface area contributed by atoms with Crippen molar-refractivity contribution in [2.45, 2.75) is 5.75 Å². The molecule has 0 heterocycles. The Morgan fingerprint density at radius 1 is 1.43 bits per heavy atom. The van der Waals surface area contributed by atoms with Crippen LogP contribution in [0.15, 0.2) is 18.2 Å². The number of ether oxygens (including phenoxy) is 1. The van der Waals surface area contributed by atoms with E-state index in [0.29, 0.717) is 17.0 Å². The van der Waals surface area contributed by atoms with E-state index in [1.807, 2.05) is 0 Å². The third-order valence-corrected chi connectivity index (χ3v) is 2.40. The summed E-state index contributed by atoms with van der Waals surface area (Å²) in [5, 5.41) is 4.92. The van der Waals surface area contributed by atoms with Gasteiger partial charge in [0.15, 0.2) is 0 Å². The van der Waals surface area contributed by atoms with Gasteiger partial charge in [0, 0.05) is 5.56 Å². The van der Waals surface area contributed by atoms with Crippen LogP contribution in [0.5, 0.6) is 5.75 Å². The largest absolute Gasteiger partial charge is 0.494 e. The van der Waals surface area contributed by atoms with Gasteiger partial charge in [-0.15, -0.1) is 0 Å². The normalized spacial score (nSPS) is 11.3. The monoisotopic (exact) mass is 216 g/mol. The molecule has 0 fully saturated rings. The molecule has 14 heavy (non-hydrogen) atoms. The maximum Gasteiger partial charge on any atom is 0.213 e. The molecule has 0 aromatic heterocycles. The van der Waals surface area contributed by atoms with E-state index < -0.39 is 10.0 Å². The molecule has 5 nitrogen and oxygen atoms in total. The lowest BCUT2D eigenvalue weighted by Gasteiger charge is -2.09. The Kier molecular flexibility index (Phi) is 2.97. The summed E-state index contributed by atoms with van der Waals surface area (Å²) in [6.07, 6.45) is 0. The van der Waals surface area contributed by atoms with Crippen molar-refractivity contribution in [3.63, 3.8) is 0 Å². The molecule has 0 aliphatic rings. The minimum absolute atomic E-state index is 0.277. The lowest BCUT2D eigenvalue weighted by molar-refractivity contribution is 0.413. The zero-order chi connectivity index (χ0) is 10.8. The summed E-state index contributed by atoms with van der Waals surface area (Å²) in [6.45, 7) is 0. The van der Waals surface area contributed by atoms with Crippen LogP contribution in [0.3, 0.4) is 0 Å². The Morgan fingerprint density at radius 3 is 2.57 bits per heavy atom. The number of hydrogen-bond acceptors (Lipinski definition) is 4. The standard InChI is InChI=1S/C8H12N2O3S/c1-13-8-6(5-14(10,11)12)3-2-4-7(8)9/h2-4H,5,9H2,1H3,(H2,10,11,12). The van der Waals surface area contributed by atoms with Gasteiger partial charge in [0.05, 0.1) is 18.6 Å². The van der Waals surface area contributed by atoms with E-state index in [4.69, 9.17) is 15.6 Å². The molecule has 78 valence electrons. The number of sulfonamides is 1. The summed E-state index contributed by atoms with van der Waals surface area (Å²) in [6, 6.07) is 4.89. The van der Waals surface area contributed by atoms with Gasteiger partial charge in [0.1, 0.15) is 5.75 Å². The third kappa shape index (κ3) is 2.61. The van der Waals surface area contributed by atoms with Crippen LogP contribution in [0.2, 0.25) is 0 Å². The second kappa shape index (κ2) is 3.85. The molecule has 0 aliphatic heterocycles. The van der Waals surface area contributed by atoms with E-state index in [-0.39, 0.29) is 5.75 Å². The van der Waals surface area contributed by atoms with Gasteiger partial charge in [-0.25, -0.2) is 13.6 Å². The van der Waals surface area contributed by atoms with Crippen LogP contribution < -0.4 is 15.6 Å². The molecule has 0 bridgehead atoms. The second-order valence-electron chi connectivity index (χ2n) is 2.85. The van der Waals surface area contributed by atoms with E-state index >= 15 is 0 Å². The van der Waals surface area contributed by atoms with Gasteiger partial charge in [0.25, 0.3) is 0 Å². The number of nitrogen functional groups attached to an aromatic ring is 1. The molecule has 1 aromatic rings. The fourth-order valence-electron chi connectivity index (χ4n) is 1.18. The molecule has 1 rings (SSSR count). The van der Waals surface area contributed by atoms with E-state index in [1.165, 1.54) is 7.11 Å². The van der Waals surface area contributed by atoms with Gasteiger partial charge in [-0.3, -0.25) is 0 Å². The van der Waals surface area contributed by atoms with E-state index in [9.17, 15) is 8.42 Å². The van der Waals surface area contributed by atoms with Crippen molar-refractivity contribution in [2.75, 3.05) is 12.8 Å². The Labute approximate surface area is 82.7 Å². The van der Waals surface area contributed by atoms with E-state index in [2.05, 4.69) is 0 Å². The molecule has 6 heteroatoms.